The number of ketones is 1. The molecule has 0 amide bonds. The zero-order valence-electron chi connectivity index (χ0n) is 18.6. The molecule has 0 fully saturated rings. The first-order valence-corrected chi connectivity index (χ1v) is 11.0. The van der Waals surface area contributed by atoms with Crippen molar-refractivity contribution in [2.45, 2.75) is 39.3 Å². The minimum atomic E-state index is -4.40. The number of benzene rings is 3. The Balaban J connectivity index is 2.09. The predicted octanol–water partition coefficient (Wildman–Crippen LogP) is 8.14. The van der Waals surface area contributed by atoms with Crippen LogP contribution < -0.4 is 0 Å². The molecule has 1 unspecified atom stereocenters. The van der Waals surface area contributed by atoms with E-state index in [0.29, 0.717) is 28.5 Å². The summed E-state index contributed by atoms with van der Waals surface area (Å²) >= 11 is 5.93. The molecule has 1 nitrogen and oxygen atoms in total. The Labute approximate surface area is 197 Å². The number of alkyl halides is 3. The Morgan fingerprint density at radius 2 is 1.48 bits per heavy atom. The van der Waals surface area contributed by atoms with Gasteiger partial charge in [0.15, 0.2) is 0 Å². The molecule has 0 aliphatic rings. The number of carbonyl (C=O) groups excluding carboxylic acids is 1. The molecule has 5 heteroatoms. The quantitative estimate of drug-likeness (QED) is 0.345. The van der Waals surface area contributed by atoms with Gasteiger partial charge < -0.3 is 0 Å². The summed E-state index contributed by atoms with van der Waals surface area (Å²) < 4.78 is 39.0. The van der Waals surface area contributed by atoms with E-state index in [1.807, 2.05) is 30.3 Å². The second kappa shape index (κ2) is 10.3. The smallest absolute Gasteiger partial charge is 0.299 e. The Morgan fingerprint density at radius 3 is 2.03 bits per heavy atom. The van der Waals surface area contributed by atoms with E-state index >= 15 is 0 Å². The first kappa shape index (κ1) is 24.6. The van der Waals surface area contributed by atoms with Gasteiger partial charge in [0, 0.05) is 22.1 Å². The second-order valence-electron chi connectivity index (χ2n) is 8.47. The molecule has 0 aliphatic carbocycles. The van der Waals surface area contributed by atoms with Crippen molar-refractivity contribution in [2.75, 3.05) is 0 Å². The zero-order valence-corrected chi connectivity index (χ0v) is 19.4. The highest BCUT2D eigenvalue weighted by atomic mass is 35.5. The zero-order chi connectivity index (χ0) is 24.2. The average molecular weight is 469 g/mol. The summed E-state index contributed by atoms with van der Waals surface area (Å²) in [5.74, 6) is 6.26. The van der Waals surface area contributed by atoms with E-state index in [2.05, 4.69) is 25.7 Å². The van der Waals surface area contributed by atoms with Gasteiger partial charge in [-0.2, -0.15) is 13.2 Å². The van der Waals surface area contributed by atoms with Crippen LogP contribution in [0.15, 0.2) is 66.7 Å². The summed E-state index contributed by atoms with van der Waals surface area (Å²) in [5.41, 5.74) is 2.93. The van der Waals surface area contributed by atoms with Crippen molar-refractivity contribution in [1.82, 2.24) is 0 Å². The molecule has 0 spiro atoms. The number of halogens is 4. The number of carbonyl (C=O) groups is 1. The molecule has 0 saturated heterocycles. The predicted molar refractivity (Wildman–Crippen MR) is 127 cm³/mol. The third-order valence-corrected chi connectivity index (χ3v) is 5.55. The Bertz CT molecular complexity index is 1180. The average Bonchev–Trinajstić information content (AvgIpc) is 2.76. The van der Waals surface area contributed by atoms with Crippen molar-refractivity contribution < 1.29 is 18.0 Å². The maximum atomic E-state index is 13.0. The van der Waals surface area contributed by atoms with E-state index in [1.165, 1.54) is 12.1 Å². The van der Waals surface area contributed by atoms with Crippen LogP contribution in [0.25, 0.3) is 11.1 Å². The van der Waals surface area contributed by atoms with Gasteiger partial charge in [0.25, 0.3) is 0 Å². The van der Waals surface area contributed by atoms with Gasteiger partial charge in [-0.05, 0) is 84.5 Å². The van der Waals surface area contributed by atoms with Crippen LogP contribution in [0.4, 0.5) is 13.2 Å². The van der Waals surface area contributed by atoms with Crippen LogP contribution in [0.5, 0.6) is 0 Å². The first-order valence-electron chi connectivity index (χ1n) is 10.6. The van der Waals surface area contributed by atoms with Crippen LogP contribution >= 0.6 is 11.6 Å². The lowest BCUT2D eigenvalue weighted by atomic mass is 9.85. The summed E-state index contributed by atoms with van der Waals surface area (Å²) in [7, 11) is 0. The molecule has 0 radical (unpaired) electrons. The van der Waals surface area contributed by atoms with Crippen molar-refractivity contribution in [3.05, 3.63) is 94.0 Å². The minimum Gasteiger partial charge on any atom is -0.299 e. The lowest BCUT2D eigenvalue weighted by Crippen LogP contribution is -2.12. The van der Waals surface area contributed by atoms with Gasteiger partial charge in [-0.15, -0.1) is 0 Å². The van der Waals surface area contributed by atoms with Crippen molar-refractivity contribution in [3.63, 3.8) is 0 Å². The molecular weight excluding hydrogens is 445 g/mol. The highest BCUT2D eigenvalue weighted by molar-refractivity contribution is 6.30. The van der Waals surface area contributed by atoms with Gasteiger partial charge in [0.1, 0.15) is 5.78 Å². The van der Waals surface area contributed by atoms with Crippen molar-refractivity contribution in [2.24, 2.45) is 5.92 Å². The van der Waals surface area contributed by atoms with E-state index in [4.69, 9.17) is 11.6 Å². The van der Waals surface area contributed by atoms with Gasteiger partial charge in [-0.3, -0.25) is 4.79 Å². The fraction of sp³-hybridized carbons (Fsp3) is 0.250. The summed E-state index contributed by atoms with van der Waals surface area (Å²) in [5, 5.41) is 0.616. The Morgan fingerprint density at radius 1 is 0.879 bits per heavy atom. The minimum absolute atomic E-state index is 0.0462. The van der Waals surface area contributed by atoms with Crippen LogP contribution in [0.1, 0.15) is 55.4 Å². The SMILES string of the molecule is CC(=O)C(CC(C)C)c1cc(C#Cc2ccc(Cl)cc2)cc(-c2ccc(C(F)(F)F)cc2)c1. The topological polar surface area (TPSA) is 17.1 Å². The third-order valence-electron chi connectivity index (χ3n) is 5.30. The molecule has 0 N–H and O–H groups in total. The van der Waals surface area contributed by atoms with Gasteiger partial charge in [0.05, 0.1) is 5.56 Å². The molecule has 3 aromatic rings. The molecule has 0 bridgehead atoms. The van der Waals surface area contributed by atoms with E-state index in [0.717, 1.165) is 28.8 Å². The molecule has 33 heavy (non-hydrogen) atoms. The fourth-order valence-corrected chi connectivity index (χ4v) is 3.76. The number of Topliss-reactive ketones (excluding diaryl/α,β-unsaturated/α-hetero) is 1. The number of hydrogen-bond acceptors (Lipinski definition) is 1. The highest BCUT2D eigenvalue weighted by Gasteiger charge is 2.30. The van der Waals surface area contributed by atoms with E-state index in [9.17, 15) is 18.0 Å². The lowest BCUT2D eigenvalue weighted by Gasteiger charge is -2.18. The van der Waals surface area contributed by atoms with E-state index in [-0.39, 0.29) is 11.7 Å². The second-order valence-corrected chi connectivity index (χ2v) is 8.90. The van der Waals surface area contributed by atoms with Gasteiger partial charge in [-0.1, -0.05) is 55.5 Å². The molecule has 3 rings (SSSR count). The van der Waals surface area contributed by atoms with E-state index in [1.54, 1.807) is 19.1 Å². The molecule has 1 atom stereocenters. The van der Waals surface area contributed by atoms with Crippen LogP contribution in [-0.2, 0) is 11.0 Å². The Hall–Kier alpha value is -3.03. The van der Waals surface area contributed by atoms with Crippen molar-refractivity contribution in [1.29, 1.82) is 0 Å². The van der Waals surface area contributed by atoms with Crippen molar-refractivity contribution >= 4 is 17.4 Å². The fourth-order valence-electron chi connectivity index (χ4n) is 3.63. The molecule has 0 heterocycles. The monoisotopic (exact) mass is 468 g/mol. The molecule has 0 aliphatic heterocycles. The van der Waals surface area contributed by atoms with Crippen LogP contribution in [0.2, 0.25) is 5.02 Å². The van der Waals surface area contributed by atoms with E-state index < -0.39 is 11.7 Å². The number of hydrogen-bond donors (Lipinski definition) is 0. The van der Waals surface area contributed by atoms with Gasteiger partial charge >= 0.3 is 6.18 Å². The molecule has 170 valence electrons. The van der Waals surface area contributed by atoms with Gasteiger partial charge in [-0.25, -0.2) is 0 Å². The largest absolute Gasteiger partial charge is 0.416 e. The van der Waals surface area contributed by atoms with Crippen LogP contribution in [0, 0.1) is 17.8 Å². The van der Waals surface area contributed by atoms with Crippen LogP contribution in [0.3, 0.4) is 0 Å². The molecule has 3 aromatic carbocycles. The molecule has 0 saturated carbocycles. The standard InChI is InChI=1S/C28H24ClF3O/c1-18(2)14-27(19(3)33)24-16-21(5-4-20-6-12-26(29)13-7-20)15-23(17-24)22-8-10-25(11-9-22)28(30,31)32/h6-13,15-18,27H,14H2,1-3H3. The first-order chi connectivity index (χ1) is 15.5. The maximum absolute atomic E-state index is 13.0. The number of rotatable bonds is 5. The lowest BCUT2D eigenvalue weighted by molar-refractivity contribution is -0.137. The van der Waals surface area contributed by atoms with Gasteiger partial charge in [0.2, 0.25) is 0 Å². The summed E-state index contributed by atoms with van der Waals surface area (Å²) in [6.07, 6.45) is -3.72. The summed E-state index contributed by atoms with van der Waals surface area (Å²) in [4.78, 5) is 12.4. The Kier molecular flexibility index (Phi) is 7.66. The third kappa shape index (κ3) is 6.73. The molecular formula is C28H24ClF3O. The summed E-state index contributed by atoms with van der Waals surface area (Å²) in [6.45, 7) is 5.67. The van der Waals surface area contributed by atoms with Crippen molar-refractivity contribution in [3.8, 4) is 23.0 Å². The normalized spacial score (nSPS) is 12.2. The van der Waals surface area contributed by atoms with Crippen LogP contribution in [-0.4, -0.2) is 5.78 Å². The maximum Gasteiger partial charge on any atom is 0.416 e. The summed E-state index contributed by atoms with van der Waals surface area (Å²) in [6, 6.07) is 17.8. The molecule has 0 aromatic heterocycles. The highest BCUT2D eigenvalue weighted by Crippen LogP contribution is 2.33.